The Morgan fingerprint density at radius 1 is 1.00 bits per heavy atom. The summed E-state index contributed by atoms with van der Waals surface area (Å²) < 4.78 is 12.5. The number of rotatable bonds is 11. The van der Waals surface area contributed by atoms with Gasteiger partial charge < -0.3 is 14.3 Å². The maximum Gasteiger partial charge on any atom is 0.335 e. The number of hydrogen-bond donors (Lipinski definition) is 0. The van der Waals surface area contributed by atoms with Crippen molar-refractivity contribution in [2.45, 2.75) is 32.7 Å². The van der Waals surface area contributed by atoms with Gasteiger partial charge in [0.2, 0.25) is 0 Å². The molecule has 30 heavy (non-hydrogen) atoms. The Bertz CT molecular complexity index is 864. The molecule has 0 unspecified atom stereocenters. The number of amides is 2. The Hall–Kier alpha value is -3.11. The van der Waals surface area contributed by atoms with Gasteiger partial charge in [0, 0.05) is 18.4 Å². The fourth-order valence-electron chi connectivity index (χ4n) is 2.71. The summed E-state index contributed by atoms with van der Waals surface area (Å²) in [5.41, 5.74) is 3.01. The molecule has 160 valence electrons. The quantitative estimate of drug-likeness (QED) is 0.398. The molecule has 2 heterocycles. The minimum Gasteiger partial charge on any atom is -0.378 e. The van der Waals surface area contributed by atoms with Gasteiger partial charge in [-0.25, -0.2) is 9.48 Å². The minimum absolute atomic E-state index is 0.0577. The molecule has 10 nitrogen and oxygen atoms in total. The zero-order chi connectivity index (χ0) is 21.3. The fraction of sp³-hybridized carbons (Fsp3) is 0.450. The molecular formula is C20H24N4O6. The smallest absolute Gasteiger partial charge is 0.335 e. The van der Waals surface area contributed by atoms with E-state index in [9.17, 15) is 14.4 Å². The minimum atomic E-state index is -0.685. The predicted octanol–water partition coefficient (Wildman–Crippen LogP) is 1.28. The van der Waals surface area contributed by atoms with Gasteiger partial charge in [-0.3, -0.25) is 9.59 Å². The van der Waals surface area contributed by atoms with Gasteiger partial charge in [0.25, 0.3) is 11.8 Å². The molecule has 0 N–H and O–H groups in total. The van der Waals surface area contributed by atoms with Gasteiger partial charge in [-0.1, -0.05) is 35.0 Å². The second-order valence-corrected chi connectivity index (χ2v) is 6.75. The molecule has 0 spiro atoms. The highest BCUT2D eigenvalue weighted by Crippen LogP contribution is 2.16. The first-order valence-corrected chi connectivity index (χ1v) is 9.72. The summed E-state index contributed by atoms with van der Waals surface area (Å²) in [4.78, 5) is 39.1. The van der Waals surface area contributed by atoms with Crippen molar-refractivity contribution in [1.82, 2.24) is 20.1 Å². The summed E-state index contributed by atoms with van der Waals surface area (Å²) in [6, 6.07) is 8.08. The van der Waals surface area contributed by atoms with Crippen molar-refractivity contribution in [3.05, 3.63) is 36.0 Å². The number of carbonyl (C=O) groups excluding carboxylic acids is 3. The molecule has 10 heteroatoms. The van der Waals surface area contributed by atoms with Crippen LogP contribution in [-0.2, 0) is 35.2 Å². The van der Waals surface area contributed by atoms with Crippen LogP contribution in [0.15, 0.2) is 30.5 Å². The van der Waals surface area contributed by atoms with Crippen molar-refractivity contribution in [3.8, 4) is 11.3 Å². The molecule has 1 fully saturated rings. The molecule has 3 rings (SSSR count). The molecule has 1 aliphatic heterocycles. The van der Waals surface area contributed by atoms with E-state index < -0.39 is 17.8 Å². The van der Waals surface area contributed by atoms with E-state index in [2.05, 4.69) is 10.3 Å². The molecule has 0 bridgehead atoms. The Morgan fingerprint density at radius 3 is 2.37 bits per heavy atom. The molecular weight excluding hydrogens is 392 g/mol. The van der Waals surface area contributed by atoms with E-state index in [-0.39, 0.29) is 25.9 Å². The highest BCUT2D eigenvalue weighted by molar-refractivity contribution is 6.01. The number of ether oxygens (including phenoxy) is 2. The summed E-state index contributed by atoms with van der Waals surface area (Å²) in [5, 5.41) is 8.78. The van der Waals surface area contributed by atoms with E-state index in [4.69, 9.17) is 14.3 Å². The number of hydrogen-bond acceptors (Lipinski definition) is 8. The molecule has 1 aromatic carbocycles. The van der Waals surface area contributed by atoms with E-state index in [1.807, 2.05) is 37.4 Å². The molecule has 2 amide bonds. The second-order valence-electron chi connectivity index (χ2n) is 6.75. The summed E-state index contributed by atoms with van der Waals surface area (Å²) in [7, 11) is 0. The van der Waals surface area contributed by atoms with Crippen LogP contribution in [0, 0.1) is 6.92 Å². The van der Waals surface area contributed by atoms with Crippen LogP contribution < -0.4 is 0 Å². The standard InChI is InChI=1S/C20H24N4O6/c1-15-2-4-16(5-3-15)17-14-23(22-21-17)9-11-29-13-12-28-10-8-20(27)30-24-18(25)6-7-19(24)26/h2-5,14H,6-13H2,1H3. The first-order valence-electron chi connectivity index (χ1n) is 9.72. The molecule has 1 aliphatic rings. The normalized spacial score (nSPS) is 13.8. The zero-order valence-electron chi connectivity index (χ0n) is 16.8. The van der Waals surface area contributed by atoms with E-state index in [1.54, 1.807) is 4.68 Å². The van der Waals surface area contributed by atoms with Crippen molar-refractivity contribution in [2.24, 2.45) is 0 Å². The Labute approximate surface area is 173 Å². The fourth-order valence-corrected chi connectivity index (χ4v) is 2.71. The third-order valence-electron chi connectivity index (χ3n) is 4.37. The lowest BCUT2D eigenvalue weighted by atomic mass is 10.1. The van der Waals surface area contributed by atoms with Crippen LogP contribution in [0.4, 0.5) is 0 Å². The van der Waals surface area contributed by atoms with Crippen LogP contribution in [0.25, 0.3) is 11.3 Å². The molecule has 0 aliphatic carbocycles. The van der Waals surface area contributed by atoms with Gasteiger partial charge in [-0.2, -0.15) is 0 Å². The van der Waals surface area contributed by atoms with Crippen molar-refractivity contribution >= 4 is 17.8 Å². The van der Waals surface area contributed by atoms with E-state index in [1.165, 1.54) is 5.56 Å². The first-order chi connectivity index (χ1) is 14.5. The van der Waals surface area contributed by atoms with Crippen LogP contribution in [0.1, 0.15) is 24.8 Å². The van der Waals surface area contributed by atoms with Crippen LogP contribution in [0.2, 0.25) is 0 Å². The molecule has 1 saturated heterocycles. The Kier molecular flexibility index (Phi) is 7.63. The third kappa shape index (κ3) is 6.19. The van der Waals surface area contributed by atoms with Gasteiger partial charge in [-0.05, 0) is 6.92 Å². The SMILES string of the molecule is Cc1ccc(-c2cn(CCOCCOCCC(=O)ON3C(=O)CCC3=O)nn2)cc1. The van der Waals surface area contributed by atoms with E-state index in [0.717, 1.165) is 11.3 Å². The molecule has 0 atom stereocenters. The van der Waals surface area contributed by atoms with Crippen LogP contribution in [-0.4, -0.2) is 64.3 Å². The van der Waals surface area contributed by atoms with Crippen LogP contribution in [0.5, 0.6) is 0 Å². The lowest BCUT2D eigenvalue weighted by Crippen LogP contribution is -2.32. The number of aromatic nitrogens is 3. The third-order valence-corrected chi connectivity index (χ3v) is 4.37. The van der Waals surface area contributed by atoms with E-state index >= 15 is 0 Å². The van der Waals surface area contributed by atoms with Crippen molar-refractivity contribution in [1.29, 1.82) is 0 Å². The van der Waals surface area contributed by atoms with Crippen LogP contribution >= 0.6 is 0 Å². The molecule has 1 aromatic heterocycles. The Balaban J connectivity index is 1.23. The molecule has 2 aromatic rings. The average Bonchev–Trinajstić information content (AvgIpc) is 3.32. The average molecular weight is 416 g/mol. The highest BCUT2D eigenvalue weighted by atomic mass is 16.7. The maximum absolute atomic E-state index is 11.6. The largest absolute Gasteiger partial charge is 0.378 e. The van der Waals surface area contributed by atoms with Crippen LogP contribution in [0.3, 0.4) is 0 Å². The van der Waals surface area contributed by atoms with E-state index in [0.29, 0.717) is 31.4 Å². The van der Waals surface area contributed by atoms with Gasteiger partial charge >= 0.3 is 5.97 Å². The number of imide groups is 1. The summed E-state index contributed by atoms with van der Waals surface area (Å²) >= 11 is 0. The number of benzene rings is 1. The number of aryl methyl sites for hydroxylation is 1. The summed E-state index contributed by atoms with van der Waals surface area (Å²) in [6.07, 6.45) is 1.95. The number of hydroxylamine groups is 2. The molecule has 0 radical (unpaired) electrons. The van der Waals surface area contributed by atoms with Gasteiger partial charge in [0.15, 0.2) is 0 Å². The topological polar surface area (TPSA) is 113 Å². The lowest BCUT2D eigenvalue weighted by molar-refractivity contribution is -0.198. The van der Waals surface area contributed by atoms with Crippen molar-refractivity contribution in [2.75, 3.05) is 26.4 Å². The van der Waals surface area contributed by atoms with Gasteiger partial charge in [-0.15, -0.1) is 10.2 Å². The van der Waals surface area contributed by atoms with Gasteiger partial charge in [0.1, 0.15) is 5.69 Å². The zero-order valence-corrected chi connectivity index (χ0v) is 16.8. The van der Waals surface area contributed by atoms with Crippen molar-refractivity contribution < 1.29 is 28.7 Å². The number of nitrogens with zero attached hydrogens (tertiary/aromatic N) is 4. The maximum atomic E-state index is 11.6. The Morgan fingerprint density at radius 2 is 1.67 bits per heavy atom. The predicted molar refractivity (Wildman–Crippen MR) is 104 cm³/mol. The lowest BCUT2D eigenvalue weighted by Gasteiger charge is -2.12. The summed E-state index contributed by atoms with van der Waals surface area (Å²) in [5.74, 6) is -1.68. The van der Waals surface area contributed by atoms with Gasteiger partial charge in [0.05, 0.1) is 45.6 Å². The number of carbonyl (C=O) groups is 3. The first kappa shape index (κ1) is 21.6. The monoisotopic (exact) mass is 416 g/mol. The second kappa shape index (κ2) is 10.6. The highest BCUT2D eigenvalue weighted by Gasteiger charge is 2.32. The van der Waals surface area contributed by atoms with Crippen molar-refractivity contribution in [3.63, 3.8) is 0 Å². The molecule has 0 saturated carbocycles. The summed E-state index contributed by atoms with van der Waals surface area (Å²) in [6.45, 7) is 3.82.